The zero-order chi connectivity index (χ0) is 19.3. The van der Waals surface area contributed by atoms with Gasteiger partial charge in [0.15, 0.2) is 0 Å². The van der Waals surface area contributed by atoms with E-state index >= 15 is 0 Å². The number of aliphatic hydroxyl groups excluding tert-OH is 1. The molecule has 0 spiro atoms. The van der Waals surface area contributed by atoms with Crippen LogP contribution in [-0.2, 0) is 27.8 Å². The summed E-state index contributed by atoms with van der Waals surface area (Å²) < 4.78 is 28.1. The van der Waals surface area contributed by atoms with Gasteiger partial charge in [0.05, 0.1) is 0 Å². The Morgan fingerprint density at radius 1 is 1.50 bits per heavy atom. The number of ether oxygens (including phenoxy) is 2. The molecule has 0 unspecified atom stereocenters. The van der Waals surface area contributed by atoms with E-state index in [4.69, 9.17) is 23.0 Å². The summed E-state index contributed by atoms with van der Waals surface area (Å²) in [7, 11) is -1.63. The molecule has 146 valence electrons. The standard InChI is InChI=1S/C13H22BN2O9P/c1-8-5-22-26(14,24-7-21-9(2)17)23-6-10(18)12(25-8)16-4-3-11(19)15-13(16)20/h3-4,8,10,12,18,26H,5-7,14H2,1-2H3,(H,15,19,20)/t8-,10-,12+/m0/s1. The summed E-state index contributed by atoms with van der Waals surface area (Å²) in [5.41, 5.74) is -0.785. The van der Waals surface area contributed by atoms with E-state index in [9.17, 15) is 19.8 Å². The van der Waals surface area contributed by atoms with Crippen LogP contribution in [0.1, 0.15) is 20.1 Å². The van der Waals surface area contributed by atoms with Gasteiger partial charge in [0, 0.05) is 0 Å². The Morgan fingerprint density at radius 2 is 2.19 bits per heavy atom. The molecule has 1 saturated heterocycles. The topological polar surface area (TPSA) is 139 Å². The summed E-state index contributed by atoms with van der Waals surface area (Å²) in [6.45, 7) is 2.39. The summed E-state index contributed by atoms with van der Waals surface area (Å²) in [6, 6.07) is 1.20. The molecule has 0 aliphatic carbocycles. The number of aromatic nitrogens is 2. The van der Waals surface area contributed by atoms with Crippen molar-refractivity contribution in [3.63, 3.8) is 0 Å². The molecule has 1 fully saturated rings. The molecule has 2 heterocycles. The Morgan fingerprint density at radius 3 is 2.85 bits per heavy atom. The molecule has 1 aromatic heterocycles. The Bertz CT molecular complexity index is 690. The van der Waals surface area contributed by atoms with E-state index in [0.717, 1.165) is 4.57 Å². The van der Waals surface area contributed by atoms with Gasteiger partial charge in [-0.05, 0) is 0 Å². The summed E-state index contributed by atoms with van der Waals surface area (Å²) in [4.78, 5) is 26.2. The Kier molecular flexibility index (Phi) is 7.10. The molecule has 3 atom stereocenters. The molecular weight excluding hydrogens is 370 g/mol. The van der Waals surface area contributed by atoms with Crippen molar-refractivity contribution >= 4 is 21.4 Å². The molecule has 2 N–H and O–H groups in total. The van der Waals surface area contributed by atoms with E-state index in [1.807, 2.05) is 0 Å². The van der Waals surface area contributed by atoms with Crippen molar-refractivity contribution in [3.05, 3.63) is 22.7 Å². The van der Waals surface area contributed by atoms with E-state index in [0.29, 0.717) is 0 Å². The van der Waals surface area contributed by atoms with Crippen molar-refractivity contribution in [2.75, 3.05) is 20.0 Å². The van der Waals surface area contributed by atoms with Crippen molar-refractivity contribution < 1.29 is 38.1 Å². The van der Waals surface area contributed by atoms with E-state index < -0.39 is 43.8 Å². The molecule has 2 rings (SSSR count). The SMILES string of the molecule is B[PH]1(OCOC(C)=O)OC[C@H](C)O[C@@H](n2ccc(O)nc2=O)[C@@H](O)CO1. The molecule has 1 aromatic rings. The second-order valence-electron chi connectivity index (χ2n) is 5.76. The van der Waals surface area contributed by atoms with Crippen LogP contribution in [0.3, 0.4) is 0 Å². The Hall–Kier alpha value is -1.56. The third kappa shape index (κ3) is 5.73. The number of esters is 1. The van der Waals surface area contributed by atoms with Crippen LogP contribution in [-0.4, -0.2) is 65.5 Å². The van der Waals surface area contributed by atoms with Gasteiger partial charge in [0.25, 0.3) is 0 Å². The average Bonchev–Trinajstić information content (AvgIpc) is 2.60. The predicted molar refractivity (Wildman–Crippen MR) is 92.2 cm³/mol. The van der Waals surface area contributed by atoms with Crippen molar-refractivity contribution in [3.8, 4) is 5.88 Å². The third-order valence-electron chi connectivity index (χ3n) is 3.47. The third-order valence-corrected chi connectivity index (χ3v) is 5.49. The van der Waals surface area contributed by atoms with Gasteiger partial charge in [-0.25, -0.2) is 0 Å². The van der Waals surface area contributed by atoms with Gasteiger partial charge in [-0.15, -0.1) is 0 Å². The van der Waals surface area contributed by atoms with Gasteiger partial charge in [-0.3, -0.25) is 0 Å². The van der Waals surface area contributed by atoms with Gasteiger partial charge in [-0.2, -0.15) is 0 Å². The van der Waals surface area contributed by atoms with Crippen molar-refractivity contribution in [1.82, 2.24) is 9.55 Å². The van der Waals surface area contributed by atoms with Crippen LogP contribution in [0.25, 0.3) is 0 Å². The fourth-order valence-electron chi connectivity index (χ4n) is 2.15. The van der Waals surface area contributed by atoms with Gasteiger partial charge in [-0.1, -0.05) is 0 Å². The number of nitrogens with zero attached hydrogens (tertiary/aromatic N) is 2. The summed E-state index contributed by atoms with van der Waals surface area (Å²) in [5, 5.41) is 19.7. The minimum absolute atomic E-state index is 0.0618. The molecule has 0 aromatic carbocycles. The quantitative estimate of drug-likeness (QED) is 0.279. The number of carbonyl (C=O) groups is 1. The molecular formula is C13H22BN2O9P. The van der Waals surface area contributed by atoms with E-state index in [1.165, 1.54) is 19.2 Å². The number of aromatic hydroxyl groups is 1. The first kappa shape index (κ1) is 20.8. The van der Waals surface area contributed by atoms with Crippen LogP contribution >= 0.6 is 7.82 Å². The number of hydrogen-bond donors (Lipinski definition) is 2. The second kappa shape index (κ2) is 8.89. The molecule has 0 saturated carbocycles. The number of carbonyl (C=O) groups excluding carboxylic acids is 1. The molecule has 0 bridgehead atoms. The second-order valence-corrected chi connectivity index (χ2v) is 8.35. The predicted octanol–water partition coefficient (Wildman–Crippen LogP) is -1.16. The normalized spacial score (nSPS) is 27.6. The average molecular weight is 392 g/mol. The first-order valence-corrected chi connectivity index (χ1v) is 10.1. The summed E-state index contributed by atoms with van der Waals surface area (Å²) in [5.74, 6) is -0.947. The summed E-state index contributed by atoms with van der Waals surface area (Å²) in [6.07, 6.45) is -1.61. The van der Waals surface area contributed by atoms with Gasteiger partial charge >= 0.3 is 150 Å². The Balaban J connectivity index is 2.15. The fraction of sp³-hybridized carbons (Fsp3) is 0.615. The molecule has 11 nitrogen and oxygen atoms in total. The number of hydrogen-bond acceptors (Lipinski definition) is 10. The monoisotopic (exact) mass is 392 g/mol. The van der Waals surface area contributed by atoms with Crippen LogP contribution < -0.4 is 5.69 Å². The molecule has 1 aliphatic heterocycles. The van der Waals surface area contributed by atoms with E-state index in [-0.39, 0.29) is 20.0 Å². The molecule has 26 heavy (non-hydrogen) atoms. The van der Waals surface area contributed by atoms with E-state index in [2.05, 4.69) is 4.98 Å². The molecule has 0 radical (unpaired) electrons. The maximum atomic E-state index is 12.0. The summed E-state index contributed by atoms with van der Waals surface area (Å²) >= 11 is 0. The van der Waals surface area contributed by atoms with Gasteiger partial charge < -0.3 is 0 Å². The van der Waals surface area contributed by atoms with Crippen molar-refractivity contribution in [2.45, 2.75) is 32.3 Å². The molecule has 1 aliphatic rings. The minimum atomic E-state index is -3.22. The zero-order valence-electron chi connectivity index (χ0n) is 14.7. The Labute approximate surface area is 150 Å². The zero-order valence-corrected chi connectivity index (χ0v) is 15.7. The van der Waals surface area contributed by atoms with Crippen LogP contribution in [0.2, 0.25) is 0 Å². The van der Waals surface area contributed by atoms with Gasteiger partial charge in [0.2, 0.25) is 0 Å². The van der Waals surface area contributed by atoms with Gasteiger partial charge in [0.1, 0.15) is 0 Å². The molecule has 13 heteroatoms. The first-order valence-electron chi connectivity index (χ1n) is 7.87. The molecule has 0 amide bonds. The van der Waals surface area contributed by atoms with Crippen LogP contribution in [0.4, 0.5) is 0 Å². The van der Waals surface area contributed by atoms with E-state index in [1.54, 1.807) is 14.5 Å². The number of aliphatic hydroxyl groups is 1. The van der Waals surface area contributed by atoms with Crippen LogP contribution in [0.15, 0.2) is 17.1 Å². The van der Waals surface area contributed by atoms with Crippen molar-refractivity contribution in [1.29, 1.82) is 0 Å². The van der Waals surface area contributed by atoms with Crippen molar-refractivity contribution in [2.24, 2.45) is 0 Å². The maximum absolute atomic E-state index is 12.0. The number of rotatable bonds is 4. The van der Waals surface area contributed by atoms with Crippen LogP contribution in [0.5, 0.6) is 5.88 Å². The van der Waals surface area contributed by atoms with Crippen LogP contribution in [0, 0.1) is 0 Å². The first-order chi connectivity index (χ1) is 12.2. The fourth-order valence-corrected chi connectivity index (χ4v) is 3.68.